The molecule has 38 heavy (non-hydrogen) atoms. The molecule has 2 unspecified atom stereocenters. The summed E-state index contributed by atoms with van der Waals surface area (Å²) in [6.45, 7) is 9.78. The Morgan fingerprint density at radius 2 is 1.97 bits per heavy atom. The van der Waals surface area contributed by atoms with Gasteiger partial charge < -0.3 is 20.3 Å². The quantitative estimate of drug-likeness (QED) is 0.416. The van der Waals surface area contributed by atoms with Crippen molar-refractivity contribution >= 4 is 27.4 Å². The van der Waals surface area contributed by atoms with Crippen LogP contribution in [0.1, 0.15) is 43.3 Å². The van der Waals surface area contributed by atoms with Gasteiger partial charge in [0.15, 0.2) is 15.7 Å². The molecular weight excluding hydrogens is 506 g/mol. The fraction of sp³-hybridized carbons (Fsp3) is 0.462. The number of aromatic nitrogens is 4. The van der Waals surface area contributed by atoms with Crippen LogP contribution in [0.3, 0.4) is 0 Å². The van der Waals surface area contributed by atoms with Gasteiger partial charge in [-0.1, -0.05) is 0 Å². The summed E-state index contributed by atoms with van der Waals surface area (Å²) in [6, 6.07) is 9.08. The van der Waals surface area contributed by atoms with Crippen LogP contribution < -0.4 is 15.5 Å². The molecule has 3 aromatic rings. The van der Waals surface area contributed by atoms with E-state index in [-0.39, 0.29) is 22.9 Å². The molecule has 3 atom stereocenters. The Morgan fingerprint density at radius 3 is 2.63 bits per heavy atom. The average Bonchev–Trinajstić information content (AvgIpc) is 3.63. The number of aromatic amines is 1. The highest BCUT2D eigenvalue weighted by atomic mass is 32.2. The topological polar surface area (TPSA) is 142 Å². The minimum Gasteiger partial charge on any atom is -0.377 e. The normalized spacial score (nSPS) is 21.3. The molecule has 11 nitrogen and oxygen atoms in total. The Labute approximate surface area is 222 Å². The number of aryl methyl sites for hydroxylation is 2. The van der Waals surface area contributed by atoms with E-state index >= 15 is 0 Å². The Hall–Kier alpha value is -3.51. The smallest absolute Gasteiger partial charge is 0.319 e. The van der Waals surface area contributed by atoms with Crippen molar-refractivity contribution in [1.29, 1.82) is 0 Å². The van der Waals surface area contributed by atoms with Crippen LogP contribution in [0.15, 0.2) is 35.2 Å². The van der Waals surface area contributed by atoms with Crippen molar-refractivity contribution in [3.8, 4) is 11.4 Å². The first-order chi connectivity index (χ1) is 18.2. The van der Waals surface area contributed by atoms with E-state index < -0.39 is 15.1 Å². The highest BCUT2D eigenvalue weighted by Gasteiger charge is 2.51. The van der Waals surface area contributed by atoms with Gasteiger partial charge in [-0.15, -0.1) is 0 Å². The van der Waals surface area contributed by atoms with Gasteiger partial charge in [0.2, 0.25) is 0 Å². The van der Waals surface area contributed by atoms with Crippen LogP contribution >= 0.6 is 0 Å². The standard InChI is InChI=1S/C26H33N7O4S/c1-5-27-26(34)28-19-8-6-18(7-9-19)25-29-21(13-23(30-25)33-10-11-37-14-15(33)2)20-12-22(20)38(35,36)24-16(3)31-32-17(24)4/h6-9,13,15,20,22H,5,10-12,14H2,1-4H3,(H,31,32)(H2,27,28,34)/t15-,20?,22?/m0/s1. The first-order valence-electron chi connectivity index (χ1n) is 12.8. The zero-order valence-corrected chi connectivity index (χ0v) is 22.8. The van der Waals surface area contributed by atoms with Crippen LogP contribution in [0.2, 0.25) is 0 Å². The molecule has 0 radical (unpaired) electrons. The summed E-state index contributed by atoms with van der Waals surface area (Å²) >= 11 is 0. The van der Waals surface area contributed by atoms with Crippen molar-refractivity contribution in [1.82, 2.24) is 25.5 Å². The first kappa shape index (κ1) is 26.1. The lowest BCUT2D eigenvalue weighted by atomic mass is 10.1. The summed E-state index contributed by atoms with van der Waals surface area (Å²) in [5.74, 6) is 1.03. The van der Waals surface area contributed by atoms with E-state index in [1.807, 2.05) is 25.1 Å². The Bertz CT molecular complexity index is 1420. The molecule has 1 saturated carbocycles. The lowest BCUT2D eigenvalue weighted by molar-refractivity contribution is 0.0985. The zero-order valence-electron chi connectivity index (χ0n) is 22.0. The minimum absolute atomic E-state index is 0.123. The van der Waals surface area contributed by atoms with Gasteiger partial charge in [0.05, 0.1) is 41.6 Å². The SMILES string of the molecule is CCNC(=O)Nc1ccc(-c2nc(C3CC3S(=O)(=O)c3c(C)n[nH]c3C)cc(N3CCOC[C@@H]3C)n2)cc1. The fourth-order valence-corrected chi connectivity index (χ4v) is 7.23. The van der Waals surface area contributed by atoms with E-state index in [9.17, 15) is 13.2 Å². The minimum atomic E-state index is -3.56. The number of nitrogens with one attached hydrogen (secondary N) is 3. The number of benzene rings is 1. The van der Waals surface area contributed by atoms with Crippen LogP contribution in [0.4, 0.5) is 16.3 Å². The van der Waals surface area contributed by atoms with Gasteiger partial charge in [0, 0.05) is 36.3 Å². The predicted molar refractivity (Wildman–Crippen MR) is 144 cm³/mol. The largest absolute Gasteiger partial charge is 0.377 e. The molecule has 1 aliphatic carbocycles. The average molecular weight is 540 g/mol. The number of amides is 2. The summed E-state index contributed by atoms with van der Waals surface area (Å²) in [6.07, 6.45) is 0.496. The number of carbonyl (C=O) groups excluding carboxylic acids is 1. The maximum absolute atomic E-state index is 13.5. The number of H-pyrrole nitrogens is 1. The number of hydrogen-bond acceptors (Lipinski definition) is 8. The number of rotatable bonds is 7. The third-order valence-corrected chi connectivity index (χ3v) is 9.48. The number of nitrogens with zero attached hydrogens (tertiary/aromatic N) is 4. The van der Waals surface area contributed by atoms with E-state index in [1.54, 1.807) is 26.0 Å². The van der Waals surface area contributed by atoms with Crippen molar-refractivity contribution in [2.45, 2.75) is 56.2 Å². The molecule has 3 N–H and O–H groups in total. The van der Waals surface area contributed by atoms with Crippen LogP contribution in [0.25, 0.3) is 11.4 Å². The second-order valence-electron chi connectivity index (χ2n) is 9.84. The van der Waals surface area contributed by atoms with E-state index in [1.165, 1.54) is 0 Å². The summed E-state index contributed by atoms with van der Waals surface area (Å²) in [4.78, 5) is 24.0. The number of sulfone groups is 1. The molecule has 12 heteroatoms. The monoisotopic (exact) mass is 539 g/mol. The summed E-state index contributed by atoms with van der Waals surface area (Å²) in [5, 5.41) is 11.8. The molecular formula is C26H33N7O4S. The van der Waals surface area contributed by atoms with Crippen molar-refractivity contribution in [3.63, 3.8) is 0 Å². The van der Waals surface area contributed by atoms with Crippen molar-refractivity contribution in [2.75, 3.05) is 36.5 Å². The predicted octanol–water partition coefficient (Wildman–Crippen LogP) is 3.18. The molecule has 0 bridgehead atoms. The van der Waals surface area contributed by atoms with Gasteiger partial charge in [-0.05, 0) is 58.4 Å². The molecule has 1 aliphatic heterocycles. The molecule has 3 heterocycles. The number of morpholine rings is 1. The lowest BCUT2D eigenvalue weighted by Gasteiger charge is -2.34. The van der Waals surface area contributed by atoms with Crippen LogP contribution in [0.5, 0.6) is 0 Å². The van der Waals surface area contributed by atoms with Crippen molar-refractivity contribution < 1.29 is 17.9 Å². The molecule has 2 aromatic heterocycles. The molecule has 2 fully saturated rings. The second-order valence-corrected chi connectivity index (χ2v) is 11.9. The maximum atomic E-state index is 13.5. The third kappa shape index (κ3) is 5.10. The van der Waals surface area contributed by atoms with Gasteiger partial charge in [-0.25, -0.2) is 23.2 Å². The highest BCUT2D eigenvalue weighted by molar-refractivity contribution is 7.92. The van der Waals surface area contributed by atoms with Crippen LogP contribution in [-0.2, 0) is 14.6 Å². The number of carbonyl (C=O) groups is 1. The lowest BCUT2D eigenvalue weighted by Crippen LogP contribution is -2.44. The van der Waals surface area contributed by atoms with Gasteiger partial charge in [-0.3, -0.25) is 5.10 Å². The van der Waals surface area contributed by atoms with Crippen LogP contribution in [0, 0.1) is 13.8 Å². The summed E-state index contributed by atoms with van der Waals surface area (Å²) in [5.41, 5.74) is 3.18. The van der Waals surface area contributed by atoms with E-state index in [4.69, 9.17) is 14.7 Å². The van der Waals surface area contributed by atoms with E-state index in [0.717, 1.165) is 11.4 Å². The zero-order chi connectivity index (χ0) is 27.0. The van der Waals surface area contributed by atoms with Gasteiger partial charge >= 0.3 is 6.03 Å². The van der Waals surface area contributed by atoms with E-state index in [2.05, 4.69) is 32.7 Å². The fourth-order valence-electron chi connectivity index (χ4n) is 4.96. The number of ether oxygens (including phenoxy) is 1. The van der Waals surface area contributed by atoms with Gasteiger partial charge in [0.1, 0.15) is 10.7 Å². The molecule has 1 aromatic carbocycles. The number of urea groups is 1. The molecule has 1 saturated heterocycles. The van der Waals surface area contributed by atoms with Crippen molar-refractivity contribution in [3.05, 3.63) is 47.4 Å². The Morgan fingerprint density at radius 1 is 1.21 bits per heavy atom. The van der Waals surface area contributed by atoms with Crippen molar-refractivity contribution in [2.24, 2.45) is 0 Å². The second kappa shape index (κ2) is 10.3. The Kier molecular flexibility index (Phi) is 7.10. The summed E-state index contributed by atoms with van der Waals surface area (Å²) < 4.78 is 32.6. The molecule has 2 aliphatic rings. The number of hydrogen-bond donors (Lipinski definition) is 3. The van der Waals surface area contributed by atoms with Crippen LogP contribution in [-0.4, -0.2) is 72.2 Å². The Balaban J connectivity index is 1.48. The first-order valence-corrected chi connectivity index (χ1v) is 14.4. The third-order valence-electron chi connectivity index (χ3n) is 6.99. The molecule has 5 rings (SSSR count). The number of anilines is 2. The molecule has 0 spiro atoms. The van der Waals surface area contributed by atoms with Gasteiger partial charge in [0.25, 0.3) is 0 Å². The van der Waals surface area contributed by atoms with Gasteiger partial charge in [-0.2, -0.15) is 5.10 Å². The molecule has 2 amide bonds. The summed E-state index contributed by atoms with van der Waals surface area (Å²) in [7, 11) is -3.56. The molecule has 202 valence electrons. The van der Waals surface area contributed by atoms with E-state index in [0.29, 0.717) is 61.3 Å². The highest BCUT2D eigenvalue weighted by Crippen LogP contribution is 2.49. The maximum Gasteiger partial charge on any atom is 0.319 e.